The number of hydrogen-bond donors (Lipinski definition) is 4. The smallest absolute Gasteiger partial charge is 0.234 e. The summed E-state index contributed by atoms with van der Waals surface area (Å²) in [7, 11) is 0. The molecular formula is C13H19FN4O2. The first-order valence-electron chi connectivity index (χ1n) is 6.20. The first-order valence-corrected chi connectivity index (χ1v) is 6.20. The SMILES string of the molecule is CC(C)NC(=O)CNCc1ccc(C(N)=NO)cc1F. The van der Waals surface area contributed by atoms with E-state index in [4.69, 9.17) is 10.9 Å². The molecule has 5 N–H and O–H groups in total. The van der Waals surface area contributed by atoms with Crippen LogP contribution in [0, 0.1) is 5.82 Å². The van der Waals surface area contributed by atoms with Gasteiger partial charge < -0.3 is 21.6 Å². The van der Waals surface area contributed by atoms with Crippen molar-refractivity contribution in [2.75, 3.05) is 6.54 Å². The van der Waals surface area contributed by atoms with E-state index in [9.17, 15) is 9.18 Å². The number of halogens is 1. The number of nitrogens with two attached hydrogens (primary N) is 1. The molecule has 1 amide bonds. The van der Waals surface area contributed by atoms with E-state index in [0.717, 1.165) is 0 Å². The number of nitrogens with one attached hydrogen (secondary N) is 2. The van der Waals surface area contributed by atoms with Crippen molar-refractivity contribution in [2.24, 2.45) is 10.9 Å². The molecule has 0 unspecified atom stereocenters. The van der Waals surface area contributed by atoms with Crippen molar-refractivity contribution in [1.82, 2.24) is 10.6 Å². The first-order chi connectivity index (χ1) is 9.43. The van der Waals surface area contributed by atoms with Gasteiger partial charge in [-0.3, -0.25) is 4.79 Å². The summed E-state index contributed by atoms with van der Waals surface area (Å²) < 4.78 is 13.7. The van der Waals surface area contributed by atoms with Crippen molar-refractivity contribution in [3.05, 3.63) is 35.1 Å². The molecule has 1 rings (SSSR count). The quantitative estimate of drug-likeness (QED) is 0.265. The van der Waals surface area contributed by atoms with Gasteiger partial charge in [0.05, 0.1) is 6.54 Å². The Morgan fingerprint density at radius 3 is 2.75 bits per heavy atom. The molecular weight excluding hydrogens is 263 g/mol. The van der Waals surface area contributed by atoms with Crippen LogP contribution in [0.15, 0.2) is 23.4 Å². The Hall–Kier alpha value is -2.15. The Kier molecular flexibility index (Phi) is 5.92. The van der Waals surface area contributed by atoms with E-state index in [-0.39, 0.29) is 30.9 Å². The van der Waals surface area contributed by atoms with E-state index in [1.165, 1.54) is 12.1 Å². The van der Waals surface area contributed by atoms with E-state index in [0.29, 0.717) is 11.1 Å². The van der Waals surface area contributed by atoms with Crippen LogP contribution < -0.4 is 16.4 Å². The second-order valence-electron chi connectivity index (χ2n) is 4.62. The van der Waals surface area contributed by atoms with Gasteiger partial charge in [-0.2, -0.15) is 0 Å². The molecule has 7 heteroatoms. The van der Waals surface area contributed by atoms with Gasteiger partial charge in [0.2, 0.25) is 5.91 Å². The molecule has 0 aliphatic carbocycles. The van der Waals surface area contributed by atoms with Crippen molar-refractivity contribution < 1.29 is 14.4 Å². The van der Waals surface area contributed by atoms with Gasteiger partial charge in [-0.1, -0.05) is 17.3 Å². The van der Waals surface area contributed by atoms with Crippen molar-refractivity contribution >= 4 is 11.7 Å². The maximum Gasteiger partial charge on any atom is 0.234 e. The van der Waals surface area contributed by atoms with E-state index < -0.39 is 5.82 Å². The molecule has 110 valence electrons. The Bertz CT molecular complexity index is 503. The molecule has 0 fully saturated rings. The lowest BCUT2D eigenvalue weighted by Crippen LogP contribution is -2.37. The fourth-order valence-corrected chi connectivity index (χ4v) is 1.59. The number of amides is 1. The molecule has 0 heterocycles. The normalized spacial score (nSPS) is 11.7. The molecule has 0 saturated carbocycles. The molecule has 20 heavy (non-hydrogen) atoms. The van der Waals surface area contributed by atoms with Crippen LogP contribution in [0.3, 0.4) is 0 Å². The maximum absolute atomic E-state index is 13.7. The highest BCUT2D eigenvalue weighted by atomic mass is 19.1. The number of nitrogens with zero attached hydrogens (tertiary/aromatic N) is 1. The molecule has 1 aromatic carbocycles. The van der Waals surface area contributed by atoms with Crippen LogP contribution in [0.25, 0.3) is 0 Å². The standard InChI is InChI=1S/C13H19FN4O2/c1-8(2)17-12(19)7-16-6-10-4-3-9(5-11(10)14)13(15)18-20/h3-5,8,16,20H,6-7H2,1-2H3,(H2,15,18)(H,17,19). The third-order valence-electron chi connectivity index (χ3n) is 2.51. The Morgan fingerprint density at radius 1 is 1.50 bits per heavy atom. The molecule has 0 atom stereocenters. The van der Waals surface area contributed by atoms with Crippen LogP contribution in [-0.4, -0.2) is 29.5 Å². The number of benzene rings is 1. The summed E-state index contributed by atoms with van der Waals surface area (Å²) in [4.78, 5) is 11.4. The molecule has 0 aliphatic rings. The number of oxime groups is 1. The van der Waals surface area contributed by atoms with Gasteiger partial charge in [0.15, 0.2) is 5.84 Å². The van der Waals surface area contributed by atoms with Crippen molar-refractivity contribution in [2.45, 2.75) is 26.4 Å². The molecule has 0 radical (unpaired) electrons. The summed E-state index contributed by atoms with van der Waals surface area (Å²) >= 11 is 0. The van der Waals surface area contributed by atoms with E-state index in [1.807, 2.05) is 13.8 Å². The summed E-state index contributed by atoms with van der Waals surface area (Å²) in [6.07, 6.45) is 0. The fraction of sp³-hybridized carbons (Fsp3) is 0.385. The van der Waals surface area contributed by atoms with Crippen LogP contribution in [0.2, 0.25) is 0 Å². The van der Waals surface area contributed by atoms with Crippen molar-refractivity contribution in [3.63, 3.8) is 0 Å². The monoisotopic (exact) mass is 282 g/mol. The summed E-state index contributed by atoms with van der Waals surface area (Å²) in [5.74, 6) is -0.778. The average Bonchev–Trinajstić information content (AvgIpc) is 2.38. The number of rotatable bonds is 6. The zero-order valence-corrected chi connectivity index (χ0v) is 11.5. The van der Waals surface area contributed by atoms with Crippen LogP contribution in [0.4, 0.5) is 4.39 Å². The fourth-order valence-electron chi connectivity index (χ4n) is 1.59. The van der Waals surface area contributed by atoms with Crippen LogP contribution in [0.5, 0.6) is 0 Å². The van der Waals surface area contributed by atoms with Gasteiger partial charge in [0, 0.05) is 23.7 Å². The van der Waals surface area contributed by atoms with Crippen LogP contribution >= 0.6 is 0 Å². The molecule has 0 aromatic heterocycles. The topological polar surface area (TPSA) is 99.7 Å². The minimum absolute atomic E-state index is 0.0704. The Balaban J connectivity index is 2.55. The third-order valence-corrected chi connectivity index (χ3v) is 2.51. The minimum Gasteiger partial charge on any atom is -0.409 e. The second-order valence-corrected chi connectivity index (χ2v) is 4.62. The Morgan fingerprint density at radius 2 is 2.20 bits per heavy atom. The first kappa shape index (κ1) is 15.9. The molecule has 0 saturated heterocycles. The van der Waals surface area contributed by atoms with E-state index in [1.54, 1.807) is 6.07 Å². The molecule has 0 spiro atoms. The predicted molar refractivity (Wildman–Crippen MR) is 73.9 cm³/mol. The molecule has 6 nitrogen and oxygen atoms in total. The highest BCUT2D eigenvalue weighted by Crippen LogP contribution is 2.10. The largest absolute Gasteiger partial charge is 0.409 e. The lowest BCUT2D eigenvalue weighted by Gasteiger charge is -2.10. The lowest BCUT2D eigenvalue weighted by atomic mass is 10.1. The zero-order valence-electron chi connectivity index (χ0n) is 11.5. The lowest BCUT2D eigenvalue weighted by molar-refractivity contribution is -0.120. The Labute approximate surface area is 116 Å². The highest BCUT2D eigenvalue weighted by molar-refractivity contribution is 5.97. The number of carbonyl (C=O) groups excluding carboxylic acids is 1. The minimum atomic E-state index is -0.481. The van der Waals surface area contributed by atoms with E-state index >= 15 is 0 Å². The second kappa shape index (κ2) is 7.44. The van der Waals surface area contributed by atoms with Gasteiger partial charge in [-0.15, -0.1) is 0 Å². The average molecular weight is 282 g/mol. The number of amidine groups is 1. The summed E-state index contributed by atoms with van der Waals surface area (Å²) in [5, 5.41) is 16.9. The van der Waals surface area contributed by atoms with Gasteiger partial charge >= 0.3 is 0 Å². The van der Waals surface area contributed by atoms with Gasteiger partial charge in [-0.05, 0) is 19.9 Å². The molecule has 0 bridgehead atoms. The molecule has 1 aromatic rings. The van der Waals surface area contributed by atoms with Crippen molar-refractivity contribution in [1.29, 1.82) is 0 Å². The number of carbonyl (C=O) groups is 1. The zero-order chi connectivity index (χ0) is 15.1. The van der Waals surface area contributed by atoms with Crippen LogP contribution in [0.1, 0.15) is 25.0 Å². The maximum atomic E-state index is 13.7. The predicted octanol–water partition coefficient (Wildman–Crippen LogP) is 0.534. The van der Waals surface area contributed by atoms with Crippen LogP contribution in [-0.2, 0) is 11.3 Å². The van der Waals surface area contributed by atoms with Gasteiger partial charge in [-0.25, -0.2) is 4.39 Å². The van der Waals surface area contributed by atoms with Crippen molar-refractivity contribution in [3.8, 4) is 0 Å². The highest BCUT2D eigenvalue weighted by Gasteiger charge is 2.07. The molecule has 0 aliphatic heterocycles. The summed E-state index contributed by atoms with van der Waals surface area (Å²) in [6.45, 7) is 4.06. The van der Waals surface area contributed by atoms with Gasteiger partial charge in [0.1, 0.15) is 5.82 Å². The third kappa shape index (κ3) is 4.85. The van der Waals surface area contributed by atoms with E-state index in [2.05, 4.69) is 15.8 Å². The van der Waals surface area contributed by atoms with Gasteiger partial charge in [0.25, 0.3) is 0 Å². The summed E-state index contributed by atoms with van der Waals surface area (Å²) in [6, 6.07) is 4.32. The number of hydrogen-bond acceptors (Lipinski definition) is 4. The summed E-state index contributed by atoms with van der Waals surface area (Å²) in [5.41, 5.74) is 6.06.